The summed E-state index contributed by atoms with van der Waals surface area (Å²) in [7, 11) is 4.00. The van der Waals surface area contributed by atoms with Gasteiger partial charge in [-0.25, -0.2) is 4.79 Å². The fourth-order valence-electron chi connectivity index (χ4n) is 1.61. The van der Waals surface area contributed by atoms with Gasteiger partial charge in [-0.1, -0.05) is 13.8 Å². The van der Waals surface area contributed by atoms with Crippen LogP contribution in [0.4, 0.5) is 4.79 Å². The van der Waals surface area contributed by atoms with Crippen molar-refractivity contribution in [2.75, 3.05) is 33.7 Å². The maximum absolute atomic E-state index is 11.1. The second-order valence-corrected chi connectivity index (χ2v) is 4.92. The van der Waals surface area contributed by atoms with Crippen LogP contribution in [0.25, 0.3) is 0 Å². The van der Waals surface area contributed by atoms with Gasteiger partial charge in [0.05, 0.1) is 6.54 Å². The molecule has 94 valence electrons. The van der Waals surface area contributed by atoms with Crippen molar-refractivity contribution in [3.8, 4) is 0 Å². The first-order chi connectivity index (χ1) is 7.23. The molecule has 0 aliphatic heterocycles. The number of hydrogen-bond donors (Lipinski definition) is 3. The lowest BCUT2D eigenvalue weighted by atomic mass is 9.93. The molecule has 0 bridgehead atoms. The summed E-state index contributed by atoms with van der Waals surface area (Å²) in [5, 5.41) is 4.99. The normalized spacial score (nSPS) is 11.6. The topological polar surface area (TPSA) is 87.5 Å². The van der Waals surface area contributed by atoms with Gasteiger partial charge in [-0.3, -0.25) is 10.1 Å². The van der Waals surface area contributed by atoms with E-state index in [0.29, 0.717) is 6.54 Å². The van der Waals surface area contributed by atoms with Crippen LogP contribution in [-0.4, -0.2) is 50.6 Å². The highest BCUT2D eigenvalue weighted by molar-refractivity contribution is 5.94. The molecule has 0 atom stereocenters. The highest BCUT2D eigenvalue weighted by Gasteiger charge is 2.18. The van der Waals surface area contributed by atoms with E-state index in [1.165, 1.54) is 0 Å². The zero-order chi connectivity index (χ0) is 12.8. The Morgan fingerprint density at radius 1 is 1.31 bits per heavy atom. The standard InChI is InChI=1S/C10H22N4O2/c1-10(2,7-14(3)4)6-12-5-8(15)13-9(11)16/h12H,5-7H2,1-4H3,(H3,11,13,15,16). The molecule has 0 aromatic rings. The highest BCUT2D eigenvalue weighted by Crippen LogP contribution is 2.13. The molecule has 4 N–H and O–H groups in total. The average Bonchev–Trinajstić information content (AvgIpc) is 1.98. The number of hydrogen-bond acceptors (Lipinski definition) is 4. The lowest BCUT2D eigenvalue weighted by Gasteiger charge is -2.28. The van der Waals surface area contributed by atoms with Crippen LogP contribution in [-0.2, 0) is 4.79 Å². The molecular formula is C10H22N4O2. The van der Waals surface area contributed by atoms with E-state index < -0.39 is 11.9 Å². The van der Waals surface area contributed by atoms with Gasteiger partial charge in [0, 0.05) is 13.1 Å². The predicted molar refractivity (Wildman–Crippen MR) is 62.9 cm³/mol. The summed E-state index contributed by atoms with van der Waals surface area (Å²) in [6, 6.07) is -0.820. The van der Waals surface area contributed by atoms with Crippen LogP contribution in [0.2, 0.25) is 0 Å². The fourth-order valence-corrected chi connectivity index (χ4v) is 1.61. The number of imide groups is 1. The Bertz CT molecular complexity index is 251. The molecule has 0 spiro atoms. The molecule has 0 aliphatic carbocycles. The third kappa shape index (κ3) is 8.19. The summed E-state index contributed by atoms with van der Waals surface area (Å²) >= 11 is 0. The minimum atomic E-state index is -0.820. The Balaban J connectivity index is 3.80. The number of carbonyl (C=O) groups is 2. The van der Waals surface area contributed by atoms with Crippen molar-refractivity contribution in [3.05, 3.63) is 0 Å². The van der Waals surface area contributed by atoms with Gasteiger partial charge in [0.15, 0.2) is 0 Å². The van der Waals surface area contributed by atoms with E-state index in [2.05, 4.69) is 24.1 Å². The lowest BCUT2D eigenvalue weighted by molar-refractivity contribution is -0.119. The van der Waals surface area contributed by atoms with E-state index in [0.717, 1.165) is 6.54 Å². The Kier molecular flexibility index (Phi) is 5.98. The first-order valence-corrected chi connectivity index (χ1v) is 5.18. The summed E-state index contributed by atoms with van der Waals surface area (Å²) in [5.74, 6) is -0.409. The Morgan fingerprint density at radius 2 is 1.88 bits per heavy atom. The van der Waals surface area contributed by atoms with E-state index in [4.69, 9.17) is 5.73 Å². The molecule has 6 heteroatoms. The first-order valence-electron chi connectivity index (χ1n) is 5.18. The third-order valence-corrected chi connectivity index (χ3v) is 1.90. The zero-order valence-corrected chi connectivity index (χ0v) is 10.5. The molecule has 6 nitrogen and oxygen atoms in total. The summed E-state index contributed by atoms with van der Waals surface area (Å²) in [6.45, 7) is 5.91. The van der Waals surface area contributed by atoms with Gasteiger partial charge in [0.25, 0.3) is 0 Å². The summed E-state index contributed by atoms with van der Waals surface area (Å²) in [5.41, 5.74) is 4.88. The predicted octanol–water partition coefficient (Wildman–Crippen LogP) is -0.641. The van der Waals surface area contributed by atoms with E-state index >= 15 is 0 Å². The van der Waals surface area contributed by atoms with Gasteiger partial charge in [0.1, 0.15) is 0 Å². The van der Waals surface area contributed by atoms with Crippen molar-refractivity contribution >= 4 is 11.9 Å². The Hall–Kier alpha value is -1.14. The van der Waals surface area contributed by atoms with Crippen LogP contribution in [0.5, 0.6) is 0 Å². The van der Waals surface area contributed by atoms with Crippen molar-refractivity contribution < 1.29 is 9.59 Å². The van der Waals surface area contributed by atoms with E-state index in [1.54, 1.807) is 0 Å². The second kappa shape index (κ2) is 6.44. The fraction of sp³-hybridized carbons (Fsp3) is 0.800. The van der Waals surface area contributed by atoms with Crippen LogP contribution >= 0.6 is 0 Å². The first kappa shape index (κ1) is 14.9. The van der Waals surface area contributed by atoms with Crippen molar-refractivity contribution in [1.82, 2.24) is 15.5 Å². The molecule has 3 amide bonds. The molecule has 0 saturated carbocycles. The zero-order valence-electron chi connectivity index (χ0n) is 10.5. The number of carbonyl (C=O) groups excluding carboxylic acids is 2. The van der Waals surface area contributed by atoms with Crippen LogP contribution in [0.1, 0.15) is 13.8 Å². The van der Waals surface area contributed by atoms with Gasteiger partial charge in [-0.15, -0.1) is 0 Å². The van der Waals surface area contributed by atoms with Gasteiger partial charge in [-0.05, 0) is 19.5 Å². The molecule has 0 rings (SSSR count). The molecule has 0 saturated heterocycles. The molecule has 0 aromatic heterocycles. The number of nitrogens with one attached hydrogen (secondary N) is 2. The van der Waals surface area contributed by atoms with Crippen LogP contribution in [0.3, 0.4) is 0 Å². The molecular weight excluding hydrogens is 208 g/mol. The van der Waals surface area contributed by atoms with Crippen molar-refractivity contribution in [1.29, 1.82) is 0 Å². The molecule has 16 heavy (non-hydrogen) atoms. The van der Waals surface area contributed by atoms with E-state index in [1.807, 2.05) is 19.4 Å². The van der Waals surface area contributed by atoms with E-state index in [-0.39, 0.29) is 12.0 Å². The van der Waals surface area contributed by atoms with Crippen molar-refractivity contribution in [3.63, 3.8) is 0 Å². The van der Waals surface area contributed by atoms with Crippen molar-refractivity contribution in [2.45, 2.75) is 13.8 Å². The number of urea groups is 1. The van der Waals surface area contributed by atoms with Gasteiger partial charge in [0.2, 0.25) is 5.91 Å². The summed E-state index contributed by atoms with van der Waals surface area (Å²) in [4.78, 5) is 23.5. The second-order valence-electron chi connectivity index (χ2n) is 4.92. The number of amides is 3. The SMILES string of the molecule is CN(C)CC(C)(C)CNCC(=O)NC(N)=O. The minimum Gasteiger partial charge on any atom is -0.351 e. The van der Waals surface area contributed by atoms with Crippen LogP contribution in [0.15, 0.2) is 0 Å². The maximum atomic E-state index is 11.1. The molecule has 0 fully saturated rings. The quantitative estimate of drug-likeness (QED) is 0.566. The molecule has 0 heterocycles. The summed E-state index contributed by atoms with van der Waals surface area (Å²) in [6.07, 6.45) is 0. The van der Waals surface area contributed by atoms with Gasteiger partial charge < -0.3 is 16.0 Å². The Labute approximate surface area is 96.5 Å². The number of nitrogens with two attached hydrogens (primary N) is 1. The largest absolute Gasteiger partial charge is 0.351 e. The molecule has 0 aromatic carbocycles. The third-order valence-electron chi connectivity index (χ3n) is 1.90. The molecule has 0 unspecified atom stereocenters. The number of primary amides is 1. The Morgan fingerprint density at radius 3 is 2.31 bits per heavy atom. The molecule has 0 aliphatic rings. The lowest BCUT2D eigenvalue weighted by Crippen LogP contribution is -2.44. The van der Waals surface area contributed by atoms with E-state index in [9.17, 15) is 9.59 Å². The number of nitrogens with zero attached hydrogens (tertiary/aromatic N) is 1. The monoisotopic (exact) mass is 230 g/mol. The number of rotatable bonds is 6. The smallest absolute Gasteiger partial charge is 0.318 e. The molecule has 0 radical (unpaired) electrons. The van der Waals surface area contributed by atoms with Crippen LogP contribution < -0.4 is 16.4 Å². The highest BCUT2D eigenvalue weighted by atomic mass is 16.2. The van der Waals surface area contributed by atoms with Gasteiger partial charge >= 0.3 is 6.03 Å². The minimum absolute atomic E-state index is 0.0660. The van der Waals surface area contributed by atoms with Crippen LogP contribution in [0, 0.1) is 5.41 Å². The van der Waals surface area contributed by atoms with Gasteiger partial charge in [-0.2, -0.15) is 0 Å². The average molecular weight is 230 g/mol. The maximum Gasteiger partial charge on any atom is 0.318 e. The van der Waals surface area contributed by atoms with Crippen molar-refractivity contribution in [2.24, 2.45) is 11.1 Å². The summed E-state index contributed by atoms with van der Waals surface area (Å²) < 4.78 is 0.